The minimum atomic E-state index is -0.130. The third-order valence-corrected chi connectivity index (χ3v) is 6.27. The molecule has 3 aromatic rings. The summed E-state index contributed by atoms with van der Waals surface area (Å²) in [6.07, 6.45) is 4.05. The number of nitrogens with zero attached hydrogens (tertiary/aromatic N) is 3. The maximum absolute atomic E-state index is 11.4. The van der Waals surface area contributed by atoms with Crippen molar-refractivity contribution in [3.05, 3.63) is 40.2 Å². The number of aromatic hydroxyl groups is 1. The average Bonchev–Trinajstić information content (AvgIpc) is 3.25. The van der Waals surface area contributed by atoms with E-state index in [1.54, 1.807) is 12.1 Å². The van der Waals surface area contributed by atoms with Crippen molar-refractivity contribution in [1.82, 2.24) is 14.8 Å². The minimum Gasteiger partial charge on any atom is -0.508 e. The number of anilines is 1. The summed E-state index contributed by atoms with van der Waals surface area (Å²) >= 11 is 7.90. The zero-order valence-electron chi connectivity index (χ0n) is 14.6. The highest BCUT2D eigenvalue weighted by atomic mass is 35.5. The molecule has 5 rings (SSSR count). The highest BCUT2D eigenvalue weighted by Crippen LogP contribution is 2.48. The number of halogens is 1. The van der Waals surface area contributed by atoms with Gasteiger partial charge in [0, 0.05) is 24.5 Å². The third kappa shape index (κ3) is 2.82. The molecule has 6 nitrogen and oxygen atoms in total. The number of aromatic nitrogens is 3. The van der Waals surface area contributed by atoms with E-state index in [1.165, 1.54) is 42.7 Å². The lowest BCUT2D eigenvalue weighted by molar-refractivity contribution is -0.114. The molecule has 2 N–H and O–H groups in total. The molecule has 2 heterocycles. The van der Waals surface area contributed by atoms with E-state index in [0.29, 0.717) is 16.1 Å². The fraction of sp³-hybridized carbons (Fsp3) is 0.316. The van der Waals surface area contributed by atoms with Crippen LogP contribution in [0.15, 0.2) is 18.2 Å². The van der Waals surface area contributed by atoms with Crippen molar-refractivity contribution in [2.75, 3.05) is 5.32 Å². The van der Waals surface area contributed by atoms with Gasteiger partial charge in [-0.15, -0.1) is 0 Å². The van der Waals surface area contributed by atoms with Gasteiger partial charge >= 0.3 is 0 Å². The molecule has 0 unspecified atom stereocenters. The number of thiazole rings is 1. The quantitative estimate of drug-likeness (QED) is 0.687. The summed E-state index contributed by atoms with van der Waals surface area (Å²) in [6.45, 7) is 1.48. The molecule has 8 heteroatoms. The Morgan fingerprint density at radius 3 is 2.89 bits per heavy atom. The molecule has 2 aliphatic carbocycles. The predicted octanol–water partition coefficient (Wildman–Crippen LogP) is 4.29. The number of benzene rings is 1. The second kappa shape index (κ2) is 6.07. The molecule has 1 fully saturated rings. The van der Waals surface area contributed by atoms with Crippen molar-refractivity contribution in [1.29, 1.82) is 0 Å². The van der Waals surface area contributed by atoms with Gasteiger partial charge in [0.25, 0.3) is 0 Å². The van der Waals surface area contributed by atoms with E-state index in [-0.39, 0.29) is 11.7 Å². The van der Waals surface area contributed by atoms with Crippen molar-refractivity contribution in [2.24, 2.45) is 0 Å². The van der Waals surface area contributed by atoms with Gasteiger partial charge in [-0.2, -0.15) is 5.10 Å². The number of carbonyl (C=O) groups is 1. The topological polar surface area (TPSA) is 80.0 Å². The summed E-state index contributed by atoms with van der Waals surface area (Å²) < 4.78 is 1.89. The van der Waals surface area contributed by atoms with E-state index in [0.717, 1.165) is 40.5 Å². The summed E-state index contributed by atoms with van der Waals surface area (Å²) in [5.74, 6) is 0.508. The smallest absolute Gasteiger partial charge is 0.223 e. The molecule has 0 aliphatic heterocycles. The first-order valence-electron chi connectivity index (χ1n) is 8.89. The number of carbonyl (C=O) groups excluding carboxylic acids is 1. The Hall–Kier alpha value is -2.38. The number of rotatable bonds is 3. The van der Waals surface area contributed by atoms with Crippen LogP contribution in [0.4, 0.5) is 5.13 Å². The van der Waals surface area contributed by atoms with E-state index in [2.05, 4.69) is 10.3 Å². The van der Waals surface area contributed by atoms with Gasteiger partial charge in [-0.1, -0.05) is 22.9 Å². The van der Waals surface area contributed by atoms with Crippen molar-refractivity contribution in [3.63, 3.8) is 0 Å². The Morgan fingerprint density at radius 2 is 2.19 bits per heavy atom. The van der Waals surface area contributed by atoms with E-state index in [4.69, 9.17) is 16.7 Å². The zero-order chi connectivity index (χ0) is 18.7. The summed E-state index contributed by atoms with van der Waals surface area (Å²) in [4.78, 5) is 17.1. The summed E-state index contributed by atoms with van der Waals surface area (Å²) in [6, 6.07) is 4.93. The van der Waals surface area contributed by atoms with Crippen LogP contribution in [0.2, 0.25) is 5.02 Å². The van der Waals surface area contributed by atoms with Gasteiger partial charge in [-0.25, -0.2) is 9.67 Å². The molecule has 2 aromatic heterocycles. The molecule has 2 aliphatic rings. The number of hydrogen-bond acceptors (Lipinski definition) is 5. The normalized spacial score (nSPS) is 15.3. The predicted molar refractivity (Wildman–Crippen MR) is 105 cm³/mol. The van der Waals surface area contributed by atoms with Gasteiger partial charge in [0.2, 0.25) is 5.91 Å². The van der Waals surface area contributed by atoms with E-state index < -0.39 is 0 Å². The molecular formula is C19H17ClN4O2S. The first-order chi connectivity index (χ1) is 13.0. The molecule has 0 bridgehead atoms. The Morgan fingerprint density at radius 1 is 1.37 bits per heavy atom. The van der Waals surface area contributed by atoms with E-state index >= 15 is 0 Å². The monoisotopic (exact) mass is 400 g/mol. The van der Waals surface area contributed by atoms with Crippen LogP contribution in [-0.4, -0.2) is 25.8 Å². The first kappa shape index (κ1) is 16.8. The lowest BCUT2D eigenvalue weighted by Crippen LogP contribution is -2.07. The fourth-order valence-electron chi connectivity index (χ4n) is 3.63. The Labute approximate surface area is 164 Å². The molecule has 27 heavy (non-hydrogen) atoms. The lowest BCUT2D eigenvalue weighted by Gasteiger charge is -2.15. The Bertz CT molecular complexity index is 1080. The van der Waals surface area contributed by atoms with Gasteiger partial charge in [0.15, 0.2) is 5.13 Å². The van der Waals surface area contributed by atoms with Crippen LogP contribution in [0, 0.1) is 0 Å². The van der Waals surface area contributed by atoms with Crippen LogP contribution in [0.3, 0.4) is 0 Å². The highest BCUT2D eigenvalue weighted by Gasteiger charge is 2.36. The van der Waals surface area contributed by atoms with Crippen LogP contribution in [-0.2, 0) is 17.6 Å². The number of hydrogen-bond donors (Lipinski definition) is 2. The molecule has 0 atom stereocenters. The van der Waals surface area contributed by atoms with Crippen molar-refractivity contribution >= 4 is 34.0 Å². The van der Waals surface area contributed by atoms with E-state index in [1.807, 2.05) is 4.68 Å². The molecule has 1 aromatic carbocycles. The van der Waals surface area contributed by atoms with Gasteiger partial charge in [0.1, 0.15) is 5.75 Å². The zero-order valence-corrected chi connectivity index (χ0v) is 16.2. The number of aryl methyl sites for hydroxylation is 1. The largest absolute Gasteiger partial charge is 0.508 e. The van der Waals surface area contributed by atoms with Crippen molar-refractivity contribution in [2.45, 2.75) is 38.5 Å². The van der Waals surface area contributed by atoms with Crippen LogP contribution in [0.1, 0.15) is 42.6 Å². The van der Waals surface area contributed by atoms with Gasteiger partial charge < -0.3 is 10.4 Å². The number of phenols is 1. The molecular weight excluding hydrogens is 384 g/mol. The van der Waals surface area contributed by atoms with Crippen LogP contribution < -0.4 is 5.32 Å². The van der Waals surface area contributed by atoms with Crippen molar-refractivity contribution in [3.8, 4) is 22.0 Å². The van der Waals surface area contributed by atoms with Crippen LogP contribution in [0.25, 0.3) is 16.3 Å². The third-order valence-electron chi connectivity index (χ3n) is 4.95. The van der Waals surface area contributed by atoms with Gasteiger partial charge in [-0.05, 0) is 37.8 Å². The second-order valence-electron chi connectivity index (χ2n) is 7.01. The fourth-order valence-corrected chi connectivity index (χ4v) is 5.00. The number of phenolic OH excluding ortho intramolecular Hbond substituents is 1. The summed E-state index contributed by atoms with van der Waals surface area (Å²) in [5.41, 5.74) is 5.14. The molecule has 138 valence electrons. The average molecular weight is 401 g/mol. The summed E-state index contributed by atoms with van der Waals surface area (Å²) in [7, 11) is 0. The van der Waals surface area contributed by atoms with Crippen molar-refractivity contribution < 1.29 is 9.90 Å². The second-order valence-corrected chi connectivity index (χ2v) is 8.42. The molecule has 0 spiro atoms. The maximum Gasteiger partial charge on any atom is 0.223 e. The number of nitrogens with one attached hydrogen (secondary N) is 1. The van der Waals surface area contributed by atoms with Crippen LogP contribution in [0.5, 0.6) is 5.75 Å². The molecule has 0 saturated heterocycles. The molecule has 0 radical (unpaired) electrons. The van der Waals surface area contributed by atoms with Gasteiger partial charge in [-0.3, -0.25) is 4.79 Å². The Kier molecular flexibility index (Phi) is 3.77. The Balaban J connectivity index is 1.72. The first-order valence-corrected chi connectivity index (χ1v) is 10.1. The number of fused-ring (bicyclic) bond motifs is 3. The highest BCUT2D eigenvalue weighted by molar-refractivity contribution is 7.19. The van der Waals surface area contributed by atoms with Gasteiger partial charge in [0.05, 0.1) is 32.7 Å². The standard InChI is InChI=1S/C19H17ClN4O2S/c1-9(25)21-19-22-14-6-5-12-16(10-2-3-10)23-24(17(12)18(14)27-19)15-7-4-11(26)8-13(15)20/h4,7-8,10,26H,2-3,5-6H2,1H3,(H,21,22,25). The molecule has 1 saturated carbocycles. The molecule has 1 amide bonds. The summed E-state index contributed by atoms with van der Waals surface area (Å²) in [5, 5.41) is 18.5. The SMILES string of the molecule is CC(=O)Nc1nc2c(s1)-c1c(c(C3CC3)nn1-c1ccc(O)cc1Cl)CC2. The van der Waals surface area contributed by atoms with Crippen LogP contribution >= 0.6 is 22.9 Å². The lowest BCUT2D eigenvalue weighted by atomic mass is 9.96. The number of amides is 1. The maximum atomic E-state index is 11.4. The minimum absolute atomic E-state index is 0.124. The van der Waals surface area contributed by atoms with E-state index in [9.17, 15) is 9.90 Å².